The van der Waals surface area contributed by atoms with Gasteiger partial charge in [-0.15, -0.1) is 0 Å². The summed E-state index contributed by atoms with van der Waals surface area (Å²) in [7, 11) is 0. The Balaban J connectivity index is 1.90. The Kier molecular flexibility index (Phi) is 5.65. The number of amides is 2. The van der Waals surface area contributed by atoms with Gasteiger partial charge in [0, 0.05) is 19.5 Å². The van der Waals surface area contributed by atoms with Crippen molar-refractivity contribution in [2.24, 2.45) is 0 Å². The monoisotopic (exact) mass is 354 g/mol. The number of nitrogens with zero attached hydrogens (tertiary/aromatic N) is 1. The van der Waals surface area contributed by atoms with Crippen molar-refractivity contribution in [2.45, 2.75) is 51.2 Å². The third-order valence-electron chi connectivity index (χ3n) is 3.78. The number of benzene rings is 1. The summed E-state index contributed by atoms with van der Waals surface area (Å²) in [5.41, 5.74) is -0.232. The number of hydrogen-bond acceptors (Lipinski definition) is 3. The van der Waals surface area contributed by atoms with Crippen molar-refractivity contribution in [3.63, 3.8) is 0 Å². The number of ether oxygens (including phenoxy) is 1. The average Bonchev–Trinajstić information content (AvgIpc) is 2.93. The van der Waals surface area contributed by atoms with Crippen LogP contribution in [0.25, 0.3) is 0 Å². The minimum Gasteiger partial charge on any atom is -0.444 e. The molecule has 5 nitrogen and oxygen atoms in total. The van der Waals surface area contributed by atoms with E-state index >= 15 is 0 Å². The molecule has 0 saturated carbocycles. The Bertz CT molecular complexity index is 614. The molecule has 1 heterocycles. The molecule has 0 radical (unpaired) electrons. The number of alkyl halides is 2. The van der Waals surface area contributed by atoms with Gasteiger partial charge in [0.2, 0.25) is 0 Å². The van der Waals surface area contributed by atoms with Crippen LogP contribution in [0, 0.1) is 0 Å². The zero-order chi connectivity index (χ0) is 18.7. The van der Waals surface area contributed by atoms with Crippen LogP contribution in [0.4, 0.5) is 13.6 Å². The average molecular weight is 354 g/mol. The first kappa shape index (κ1) is 19.1. The van der Waals surface area contributed by atoms with Gasteiger partial charge in [-0.05, 0) is 32.8 Å². The normalized spacial score (nSPS) is 18.1. The lowest BCUT2D eigenvalue weighted by Gasteiger charge is -2.24. The third kappa shape index (κ3) is 5.69. The summed E-state index contributed by atoms with van der Waals surface area (Å²) in [5.74, 6) is -4.67. The van der Waals surface area contributed by atoms with E-state index in [0.29, 0.717) is 12.0 Å². The van der Waals surface area contributed by atoms with Crippen LogP contribution in [0.2, 0.25) is 0 Å². The molecule has 138 valence electrons. The highest BCUT2D eigenvalue weighted by Crippen LogP contribution is 2.25. The molecule has 2 amide bonds. The van der Waals surface area contributed by atoms with E-state index in [-0.39, 0.29) is 19.1 Å². The summed E-state index contributed by atoms with van der Waals surface area (Å²) in [6.45, 7) is 5.45. The maximum Gasteiger partial charge on any atom is 0.407 e. The predicted molar refractivity (Wildman–Crippen MR) is 89.4 cm³/mol. The number of nitrogens with one attached hydrogen (secondary N) is 1. The van der Waals surface area contributed by atoms with Gasteiger partial charge >= 0.3 is 12.0 Å². The number of rotatable bonds is 4. The summed E-state index contributed by atoms with van der Waals surface area (Å²) in [4.78, 5) is 25.0. The van der Waals surface area contributed by atoms with E-state index in [4.69, 9.17) is 4.74 Å². The van der Waals surface area contributed by atoms with Gasteiger partial charge in [-0.2, -0.15) is 8.78 Å². The Hall–Kier alpha value is -2.18. The second-order valence-electron chi connectivity index (χ2n) is 7.25. The molecule has 7 heteroatoms. The Morgan fingerprint density at radius 3 is 2.48 bits per heavy atom. The SMILES string of the molecule is CC(C)(C)OC(=O)NC1CCN(C(=O)C(F)(F)Cc2ccccc2)C1. The van der Waals surface area contributed by atoms with Crippen molar-refractivity contribution in [3.05, 3.63) is 35.9 Å². The number of hydrogen-bond donors (Lipinski definition) is 1. The fraction of sp³-hybridized carbons (Fsp3) is 0.556. The number of carbonyl (C=O) groups is 2. The lowest BCUT2D eigenvalue weighted by Crippen LogP contribution is -2.46. The molecular formula is C18H24F2N2O3. The van der Waals surface area contributed by atoms with Crippen LogP contribution in [-0.4, -0.2) is 47.6 Å². The summed E-state index contributed by atoms with van der Waals surface area (Å²) >= 11 is 0. The molecule has 1 aromatic carbocycles. The molecule has 1 saturated heterocycles. The minimum absolute atomic E-state index is 0.0580. The van der Waals surface area contributed by atoms with Gasteiger partial charge < -0.3 is 15.0 Å². The number of carbonyl (C=O) groups excluding carboxylic acids is 2. The van der Waals surface area contributed by atoms with E-state index in [0.717, 1.165) is 4.90 Å². The van der Waals surface area contributed by atoms with Crippen molar-refractivity contribution in [2.75, 3.05) is 13.1 Å². The molecule has 1 atom stereocenters. The maximum atomic E-state index is 14.3. The third-order valence-corrected chi connectivity index (χ3v) is 3.78. The predicted octanol–water partition coefficient (Wildman–Crippen LogP) is 2.99. The lowest BCUT2D eigenvalue weighted by atomic mass is 10.1. The van der Waals surface area contributed by atoms with Crippen molar-refractivity contribution in [3.8, 4) is 0 Å². The number of halogens is 2. The highest BCUT2D eigenvalue weighted by Gasteiger charge is 2.44. The van der Waals surface area contributed by atoms with E-state index < -0.39 is 29.9 Å². The number of likely N-dealkylation sites (tertiary alicyclic amines) is 1. The Labute approximate surface area is 146 Å². The van der Waals surface area contributed by atoms with Crippen LogP contribution >= 0.6 is 0 Å². The molecule has 1 aliphatic heterocycles. The van der Waals surface area contributed by atoms with Gasteiger partial charge in [0.05, 0.1) is 6.04 Å². The van der Waals surface area contributed by atoms with E-state index in [1.807, 2.05) is 0 Å². The molecule has 1 N–H and O–H groups in total. The van der Waals surface area contributed by atoms with E-state index in [1.165, 1.54) is 0 Å². The summed E-state index contributed by atoms with van der Waals surface area (Å²) < 4.78 is 33.7. The molecule has 1 unspecified atom stereocenters. The molecule has 25 heavy (non-hydrogen) atoms. The van der Waals surface area contributed by atoms with Gasteiger partial charge in [-0.1, -0.05) is 30.3 Å². The summed E-state index contributed by atoms with van der Waals surface area (Å²) in [6, 6.07) is 7.80. The van der Waals surface area contributed by atoms with Gasteiger partial charge in [0.15, 0.2) is 0 Å². The topological polar surface area (TPSA) is 58.6 Å². The first-order valence-corrected chi connectivity index (χ1v) is 8.27. The van der Waals surface area contributed by atoms with Crippen molar-refractivity contribution in [1.29, 1.82) is 0 Å². The van der Waals surface area contributed by atoms with Gasteiger partial charge in [-0.25, -0.2) is 4.79 Å². The molecule has 0 bridgehead atoms. The Morgan fingerprint density at radius 1 is 1.24 bits per heavy atom. The first-order valence-electron chi connectivity index (χ1n) is 8.27. The molecule has 1 aliphatic rings. The second-order valence-corrected chi connectivity index (χ2v) is 7.25. The lowest BCUT2D eigenvalue weighted by molar-refractivity contribution is -0.156. The quantitative estimate of drug-likeness (QED) is 0.904. The fourth-order valence-corrected chi connectivity index (χ4v) is 2.70. The molecule has 0 aliphatic carbocycles. The molecule has 2 rings (SSSR count). The van der Waals surface area contributed by atoms with Crippen LogP contribution in [-0.2, 0) is 16.0 Å². The fourth-order valence-electron chi connectivity index (χ4n) is 2.70. The first-order chi connectivity index (χ1) is 11.6. The highest BCUT2D eigenvalue weighted by atomic mass is 19.3. The summed E-state index contributed by atoms with van der Waals surface area (Å²) in [5, 5.41) is 2.62. The van der Waals surface area contributed by atoms with Crippen LogP contribution in [0.3, 0.4) is 0 Å². The molecular weight excluding hydrogens is 330 g/mol. The van der Waals surface area contributed by atoms with Gasteiger partial charge in [0.25, 0.3) is 5.91 Å². The zero-order valence-corrected chi connectivity index (χ0v) is 14.7. The zero-order valence-electron chi connectivity index (χ0n) is 14.7. The van der Waals surface area contributed by atoms with E-state index in [9.17, 15) is 18.4 Å². The van der Waals surface area contributed by atoms with Gasteiger partial charge in [0.1, 0.15) is 5.60 Å². The van der Waals surface area contributed by atoms with Crippen LogP contribution in [0.15, 0.2) is 30.3 Å². The van der Waals surface area contributed by atoms with Crippen molar-refractivity contribution in [1.82, 2.24) is 10.2 Å². The summed E-state index contributed by atoms with van der Waals surface area (Å²) in [6.07, 6.45) is -0.817. The van der Waals surface area contributed by atoms with Crippen LogP contribution in [0.5, 0.6) is 0 Å². The maximum absolute atomic E-state index is 14.3. The Morgan fingerprint density at radius 2 is 1.88 bits per heavy atom. The molecule has 1 aromatic rings. The minimum atomic E-state index is -3.47. The molecule has 0 aromatic heterocycles. The van der Waals surface area contributed by atoms with Crippen molar-refractivity contribution >= 4 is 12.0 Å². The van der Waals surface area contributed by atoms with E-state index in [2.05, 4.69) is 5.32 Å². The van der Waals surface area contributed by atoms with Crippen LogP contribution < -0.4 is 5.32 Å². The van der Waals surface area contributed by atoms with Crippen molar-refractivity contribution < 1.29 is 23.1 Å². The van der Waals surface area contributed by atoms with Gasteiger partial charge in [-0.3, -0.25) is 4.79 Å². The van der Waals surface area contributed by atoms with Crippen LogP contribution in [0.1, 0.15) is 32.8 Å². The number of alkyl carbamates (subject to hydrolysis) is 1. The molecule has 0 spiro atoms. The van der Waals surface area contributed by atoms with E-state index in [1.54, 1.807) is 51.1 Å². The molecule has 1 fully saturated rings. The largest absolute Gasteiger partial charge is 0.444 e. The second kappa shape index (κ2) is 7.37. The highest BCUT2D eigenvalue weighted by molar-refractivity contribution is 5.84. The smallest absolute Gasteiger partial charge is 0.407 e. The standard InChI is InChI=1S/C18H24F2N2O3/c1-17(2,3)25-16(24)21-14-9-10-22(12-14)15(23)18(19,20)11-13-7-5-4-6-8-13/h4-8,14H,9-12H2,1-3H3,(H,21,24).